The van der Waals surface area contributed by atoms with Crippen molar-refractivity contribution in [3.05, 3.63) is 212 Å². The highest BCUT2D eigenvalue weighted by Gasteiger charge is 2.23. The summed E-state index contributed by atoms with van der Waals surface area (Å²) in [5, 5.41) is 11.8. The zero-order valence-electron chi connectivity index (χ0n) is 33.4. The van der Waals surface area contributed by atoms with E-state index in [9.17, 15) is 0 Å². The van der Waals surface area contributed by atoms with E-state index >= 15 is 0 Å². The van der Waals surface area contributed by atoms with Gasteiger partial charge in [0.1, 0.15) is 0 Å². The van der Waals surface area contributed by atoms with E-state index in [0.29, 0.717) is 17.5 Å². The van der Waals surface area contributed by atoms with Crippen LogP contribution >= 0.6 is 0 Å². The van der Waals surface area contributed by atoms with Gasteiger partial charge in [-0.3, -0.25) is 0 Å². The molecule has 0 N–H and O–H groups in total. The van der Waals surface area contributed by atoms with Crippen LogP contribution in [-0.4, -0.2) is 24.1 Å². The van der Waals surface area contributed by atoms with Crippen molar-refractivity contribution in [1.29, 1.82) is 0 Å². The van der Waals surface area contributed by atoms with Crippen molar-refractivity contribution < 1.29 is 0 Å². The second kappa shape index (κ2) is 13.6. The zero-order chi connectivity index (χ0) is 40.7. The molecule has 0 atom stereocenters. The van der Waals surface area contributed by atoms with Gasteiger partial charge in [-0.1, -0.05) is 170 Å². The molecule has 0 amide bonds. The van der Waals surface area contributed by atoms with E-state index in [1.54, 1.807) is 0 Å². The topological polar surface area (TPSA) is 48.5 Å². The first kappa shape index (κ1) is 34.5. The van der Waals surface area contributed by atoms with Crippen molar-refractivity contribution in [2.24, 2.45) is 0 Å². The van der Waals surface area contributed by atoms with Crippen LogP contribution in [0, 0.1) is 0 Å². The molecule has 3 heterocycles. The summed E-state index contributed by atoms with van der Waals surface area (Å²) in [6, 6.07) is 75.7. The number of rotatable bonds is 5. The Kier molecular flexibility index (Phi) is 7.54. The van der Waals surface area contributed by atoms with E-state index in [2.05, 4.69) is 203 Å². The third-order valence-corrected chi connectivity index (χ3v) is 12.5. The second-order valence-corrected chi connectivity index (χ2v) is 16.0. The number of para-hydroxylation sites is 2. The van der Waals surface area contributed by atoms with E-state index in [0.717, 1.165) is 49.7 Å². The molecule has 0 aliphatic carbocycles. The predicted octanol–water partition coefficient (Wildman–Crippen LogP) is 14.5. The molecule has 10 aromatic carbocycles. The molecule has 5 nitrogen and oxygen atoms in total. The molecule has 0 aliphatic heterocycles. The highest BCUT2D eigenvalue weighted by molar-refractivity contribution is 6.30. The largest absolute Gasteiger partial charge is 0.309 e. The molecule has 0 spiro atoms. The Morgan fingerprint density at radius 3 is 1.77 bits per heavy atom. The fourth-order valence-electron chi connectivity index (χ4n) is 9.79. The van der Waals surface area contributed by atoms with Crippen LogP contribution in [0.4, 0.5) is 0 Å². The fourth-order valence-corrected chi connectivity index (χ4v) is 9.79. The molecule has 0 saturated heterocycles. The van der Waals surface area contributed by atoms with Gasteiger partial charge in [0, 0.05) is 49.3 Å². The first-order valence-electron chi connectivity index (χ1n) is 21.0. The standard InChI is InChI=1S/C57H35N5/c1-3-17-38(18-4-1)55-58-56(40-30-29-36-15-7-8-19-39(36)35-40)60-57(59-55)45-26-13-25-44-43(45)24-14-28-48(44)62-50-33-31-37-16-9-10-22-42(37)52(50)47-32-34-51-53(54(47)62)46-23-11-12-27-49(46)61(51)41-20-5-2-6-21-41/h1-35H. The fraction of sp³-hybridized carbons (Fsp3) is 0. The molecule has 288 valence electrons. The number of fused-ring (bicyclic) bond motifs is 11. The lowest BCUT2D eigenvalue weighted by atomic mass is 10.0. The van der Waals surface area contributed by atoms with Crippen LogP contribution in [0.1, 0.15) is 0 Å². The SMILES string of the molecule is c1ccc(-c2nc(-c3ccc4ccccc4c3)nc(-c3cccc4c(-n5c6ccc7ccccc7c6c6ccc7c(c8ccccc8n7-c7ccccc7)c65)cccc34)n2)cc1. The summed E-state index contributed by atoms with van der Waals surface area (Å²) in [6.07, 6.45) is 0. The van der Waals surface area contributed by atoms with Crippen LogP contribution in [0.25, 0.3) is 121 Å². The van der Waals surface area contributed by atoms with Gasteiger partial charge in [0.25, 0.3) is 0 Å². The van der Waals surface area contributed by atoms with E-state index in [1.165, 1.54) is 54.3 Å². The molecule has 13 aromatic rings. The summed E-state index contributed by atoms with van der Waals surface area (Å²) >= 11 is 0. The van der Waals surface area contributed by atoms with E-state index in [4.69, 9.17) is 15.0 Å². The minimum Gasteiger partial charge on any atom is -0.309 e. The number of aromatic nitrogens is 5. The van der Waals surface area contributed by atoms with Gasteiger partial charge in [0.15, 0.2) is 17.5 Å². The molecule has 0 bridgehead atoms. The normalized spacial score (nSPS) is 11.9. The average molecular weight is 790 g/mol. The van der Waals surface area contributed by atoms with Gasteiger partial charge < -0.3 is 9.13 Å². The molecule has 0 radical (unpaired) electrons. The summed E-state index contributed by atoms with van der Waals surface area (Å²) < 4.78 is 4.92. The van der Waals surface area contributed by atoms with Crippen molar-refractivity contribution in [3.63, 3.8) is 0 Å². The Labute approximate surface area is 356 Å². The third kappa shape index (κ3) is 5.18. The predicted molar refractivity (Wildman–Crippen MR) is 257 cm³/mol. The molecule has 13 rings (SSSR count). The molecular weight excluding hydrogens is 755 g/mol. The van der Waals surface area contributed by atoms with E-state index < -0.39 is 0 Å². The quantitative estimate of drug-likeness (QED) is 0.174. The highest BCUT2D eigenvalue weighted by atomic mass is 15.0. The lowest BCUT2D eigenvalue weighted by Crippen LogP contribution is -2.01. The molecule has 0 fully saturated rings. The first-order chi connectivity index (χ1) is 30.8. The monoisotopic (exact) mass is 789 g/mol. The number of nitrogens with zero attached hydrogens (tertiary/aromatic N) is 5. The number of hydrogen-bond donors (Lipinski definition) is 0. The molecule has 0 aliphatic rings. The van der Waals surface area contributed by atoms with Crippen molar-refractivity contribution in [1.82, 2.24) is 24.1 Å². The maximum Gasteiger partial charge on any atom is 0.164 e. The van der Waals surface area contributed by atoms with Gasteiger partial charge in [-0.25, -0.2) is 15.0 Å². The smallest absolute Gasteiger partial charge is 0.164 e. The molecule has 3 aromatic heterocycles. The third-order valence-electron chi connectivity index (χ3n) is 12.5. The highest BCUT2D eigenvalue weighted by Crippen LogP contribution is 2.45. The molecule has 5 heteroatoms. The Morgan fingerprint density at radius 2 is 0.919 bits per heavy atom. The Balaban J connectivity index is 1.12. The van der Waals surface area contributed by atoms with Gasteiger partial charge in [-0.05, 0) is 69.4 Å². The van der Waals surface area contributed by atoms with Gasteiger partial charge >= 0.3 is 0 Å². The van der Waals surface area contributed by atoms with Crippen LogP contribution < -0.4 is 0 Å². The van der Waals surface area contributed by atoms with Gasteiger partial charge in [-0.2, -0.15) is 0 Å². The average Bonchev–Trinajstić information content (AvgIpc) is 3.87. The summed E-state index contributed by atoms with van der Waals surface area (Å²) in [4.78, 5) is 15.6. The Bertz CT molecular complexity index is 3920. The van der Waals surface area contributed by atoms with Gasteiger partial charge in [-0.15, -0.1) is 0 Å². The second-order valence-electron chi connectivity index (χ2n) is 16.0. The molecule has 0 unspecified atom stereocenters. The molecule has 62 heavy (non-hydrogen) atoms. The number of hydrogen-bond acceptors (Lipinski definition) is 3. The summed E-state index contributed by atoms with van der Waals surface area (Å²) in [6.45, 7) is 0. The molecular formula is C57H35N5. The van der Waals surface area contributed by atoms with Crippen LogP contribution in [0.2, 0.25) is 0 Å². The minimum absolute atomic E-state index is 0.631. The molecule has 0 saturated carbocycles. The van der Waals surface area contributed by atoms with Crippen LogP contribution in [0.3, 0.4) is 0 Å². The van der Waals surface area contributed by atoms with Crippen LogP contribution in [-0.2, 0) is 0 Å². The van der Waals surface area contributed by atoms with E-state index in [-0.39, 0.29) is 0 Å². The summed E-state index contributed by atoms with van der Waals surface area (Å²) in [5.41, 5.74) is 9.74. The van der Waals surface area contributed by atoms with Crippen molar-refractivity contribution in [3.8, 4) is 45.5 Å². The summed E-state index contributed by atoms with van der Waals surface area (Å²) in [7, 11) is 0. The Morgan fingerprint density at radius 1 is 0.306 bits per heavy atom. The maximum absolute atomic E-state index is 5.26. The zero-order valence-corrected chi connectivity index (χ0v) is 33.4. The first-order valence-corrected chi connectivity index (χ1v) is 21.0. The van der Waals surface area contributed by atoms with E-state index in [1.807, 2.05) is 18.2 Å². The lowest BCUT2D eigenvalue weighted by Gasteiger charge is -2.15. The van der Waals surface area contributed by atoms with Crippen molar-refractivity contribution >= 4 is 75.9 Å². The van der Waals surface area contributed by atoms with Crippen LogP contribution in [0.15, 0.2) is 212 Å². The lowest BCUT2D eigenvalue weighted by molar-refractivity contribution is 1.08. The van der Waals surface area contributed by atoms with Crippen molar-refractivity contribution in [2.45, 2.75) is 0 Å². The van der Waals surface area contributed by atoms with Crippen LogP contribution in [0.5, 0.6) is 0 Å². The summed E-state index contributed by atoms with van der Waals surface area (Å²) in [5.74, 6) is 1.91. The Hall–Kier alpha value is -8.41. The number of benzene rings is 10. The minimum atomic E-state index is 0.631. The van der Waals surface area contributed by atoms with Gasteiger partial charge in [0.2, 0.25) is 0 Å². The van der Waals surface area contributed by atoms with Gasteiger partial charge in [0.05, 0.1) is 27.8 Å². The van der Waals surface area contributed by atoms with Crippen molar-refractivity contribution in [2.75, 3.05) is 0 Å². The maximum atomic E-state index is 5.26.